The molecule has 0 aliphatic rings. The molecular weight excluding hydrogens is 817 g/mol. The van der Waals surface area contributed by atoms with Crippen LogP contribution in [-0.2, 0) is 0 Å². The van der Waals surface area contributed by atoms with E-state index in [1.807, 2.05) is 36.4 Å². The maximum Gasteiger partial charge on any atom is 0.144 e. The smallest absolute Gasteiger partial charge is 0.144 e. The van der Waals surface area contributed by atoms with Crippen molar-refractivity contribution in [2.24, 2.45) is 0 Å². The average Bonchev–Trinajstić information content (AvgIpc) is 4.04. The molecule has 0 saturated heterocycles. The predicted molar refractivity (Wildman–Crippen MR) is 279 cm³/mol. The Morgan fingerprint density at radius 1 is 0.313 bits per heavy atom. The van der Waals surface area contributed by atoms with Crippen LogP contribution in [-0.4, -0.2) is 19.1 Å². The first-order valence-corrected chi connectivity index (χ1v) is 22.8. The van der Waals surface area contributed by atoms with Gasteiger partial charge in [-0.25, -0.2) is 9.97 Å². The number of aromatic nitrogens is 4. The molecule has 0 fully saturated rings. The highest BCUT2D eigenvalue weighted by Gasteiger charge is 2.21. The maximum atomic E-state index is 6.53. The molecule has 0 atom stereocenters. The van der Waals surface area contributed by atoms with Crippen molar-refractivity contribution in [2.75, 3.05) is 0 Å². The van der Waals surface area contributed by atoms with Crippen molar-refractivity contribution in [2.45, 2.75) is 0 Å². The van der Waals surface area contributed by atoms with Crippen LogP contribution >= 0.6 is 0 Å². The minimum absolute atomic E-state index is 0.799. The van der Waals surface area contributed by atoms with E-state index in [4.69, 9.17) is 14.4 Å². The predicted octanol–water partition coefficient (Wildman–Crippen LogP) is 16.5. The van der Waals surface area contributed by atoms with Crippen molar-refractivity contribution in [1.82, 2.24) is 19.1 Å². The van der Waals surface area contributed by atoms with Crippen LogP contribution in [0, 0.1) is 0 Å². The monoisotopic (exact) mass is 852 g/mol. The first-order valence-electron chi connectivity index (χ1n) is 22.8. The van der Waals surface area contributed by atoms with E-state index < -0.39 is 0 Å². The van der Waals surface area contributed by atoms with E-state index in [1.165, 1.54) is 65.2 Å². The lowest BCUT2D eigenvalue weighted by molar-refractivity contribution is 0.670. The van der Waals surface area contributed by atoms with Crippen LogP contribution in [0.5, 0.6) is 0 Å². The number of rotatable bonds is 4. The molecule has 15 aromatic rings. The third kappa shape index (κ3) is 5.37. The number of fused-ring (bicyclic) bond motifs is 13. The highest BCUT2D eigenvalue weighted by molar-refractivity contribution is 6.16. The topological polar surface area (TPSA) is 48.8 Å². The Morgan fingerprint density at radius 3 is 1.54 bits per heavy atom. The molecule has 0 aliphatic heterocycles. The summed E-state index contributed by atoms with van der Waals surface area (Å²) in [6.45, 7) is 0. The molecule has 11 aromatic carbocycles. The second-order valence-electron chi connectivity index (χ2n) is 17.8. The summed E-state index contributed by atoms with van der Waals surface area (Å²) in [6, 6.07) is 78.6. The van der Waals surface area contributed by atoms with Crippen molar-refractivity contribution in [3.05, 3.63) is 218 Å². The summed E-state index contributed by atoms with van der Waals surface area (Å²) >= 11 is 0. The Labute approximate surface area is 383 Å². The van der Waals surface area contributed by atoms with Crippen LogP contribution in [0.3, 0.4) is 0 Å². The number of benzene rings is 11. The zero-order chi connectivity index (χ0) is 43.7. The highest BCUT2D eigenvalue weighted by atomic mass is 16.3. The van der Waals surface area contributed by atoms with E-state index in [2.05, 4.69) is 191 Å². The zero-order valence-corrected chi connectivity index (χ0v) is 36.0. The lowest BCUT2D eigenvalue weighted by atomic mass is 9.99. The lowest BCUT2D eigenvalue weighted by Gasteiger charge is -2.13. The van der Waals surface area contributed by atoms with Crippen LogP contribution in [0.4, 0.5) is 0 Å². The van der Waals surface area contributed by atoms with Gasteiger partial charge in [-0.2, -0.15) is 0 Å². The van der Waals surface area contributed by atoms with Crippen molar-refractivity contribution in [1.29, 1.82) is 0 Å². The van der Waals surface area contributed by atoms with Crippen molar-refractivity contribution in [3.8, 4) is 33.9 Å². The third-order valence-electron chi connectivity index (χ3n) is 14.0. The van der Waals surface area contributed by atoms with Crippen LogP contribution in [0.2, 0.25) is 0 Å². The summed E-state index contributed by atoms with van der Waals surface area (Å²) in [6.07, 6.45) is 0. The Hall–Kier alpha value is -9.06. The standard InChI is InChI=1S/C62H36N4O/c1-2-13-38-35-57-51(33-37(38)12-1)46-14-3-8-21-55(46)66(57)45-29-27-41-36-58-52(34-43(41)32-45)47-15-4-9-22-56(47)65(58)44-28-26-39-30-42(25-24-40(39)31-44)60-61(64-54-20-7-6-19-53(54)63-60)50-18-11-17-49-48-16-5-10-23-59(48)67-62(49)50/h1-36H. The van der Waals surface area contributed by atoms with Gasteiger partial charge < -0.3 is 13.6 Å². The molecular formula is C62H36N4O. The third-order valence-corrected chi connectivity index (χ3v) is 14.0. The second kappa shape index (κ2) is 13.7. The van der Waals surface area contributed by atoms with E-state index >= 15 is 0 Å². The van der Waals surface area contributed by atoms with E-state index in [9.17, 15) is 0 Å². The van der Waals surface area contributed by atoms with Gasteiger partial charge in [0.2, 0.25) is 0 Å². The van der Waals surface area contributed by atoms with Gasteiger partial charge in [-0.05, 0) is 123 Å². The van der Waals surface area contributed by atoms with E-state index in [0.29, 0.717) is 0 Å². The van der Waals surface area contributed by atoms with Gasteiger partial charge in [-0.3, -0.25) is 0 Å². The summed E-state index contributed by atoms with van der Waals surface area (Å²) < 4.78 is 11.4. The molecule has 310 valence electrons. The molecule has 5 nitrogen and oxygen atoms in total. The molecule has 15 rings (SSSR count). The molecule has 67 heavy (non-hydrogen) atoms. The van der Waals surface area contributed by atoms with Crippen molar-refractivity contribution < 1.29 is 4.42 Å². The molecule has 5 heteroatoms. The Bertz CT molecular complexity index is 4590. The van der Waals surface area contributed by atoms with E-state index in [0.717, 1.165) is 77.6 Å². The largest absolute Gasteiger partial charge is 0.455 e. The van der Waals surface area contributed by atoms with Gasteiger partial charge in [0.25, 0.3) is 0 Å². The highest BCUT2D eigenvalue weighted by Crippen LogP contribution is 2.42. The Morgan fingerprint density at radius 2 is 0.821 bits per heavy atom. The molecule has 0 bridgehead atoms. The summed E-state index contributed by atoms with van der Waals surface area (Å²) in [5, 5.41) is 14.3. The average molecular weight is 853 g/mol. The van der Waals surface area contributed by atoms with E-state index in [-0.39, 0.29) is 0 Å². The first kappa shape index (κ1) is 36.3. The molecule has 0 spiro atoms. The molecule has 0 aliphatic carbocycles. The van der Waals surface area contributed by atoms with Crippen LogP contribution in [0.25, 0.3) is 143 Å². The van der Waals surface area contributed by atoms with Gasteiger partial charge in [0.1, 0.15) is 16.9 Å². The summed E-state index contributed by atoms with van der Waals surface area (Å²) in [5.41, 5.74) is 14.0. The maximum absolute atomic E-state index is 6.53. The number of hydrogen-bond acceptors (Lipinski definition) is 3. The quantitative estimate of drug-likeness (QED) is 0.177. The van der Waals surface area contributed by atoms with Gasteiger partial charge in [0.05, 0.1) is 38.8 Å². The summed E-state index contributed by atoms with van der Waals surface area (Å²) in [7, 11) is 0. The zero-order valence-electron chi connectivity index (χ0n) is 36.0. The number of furan rings is 1. The lowest BCUT2D eigenvalue weighted by Crippen LogP contribution is -1.96. The molecule has 0 unspecified atom stereocenters. The fraction of sp³-hybridized carbons (Fsp3) is 0. The van der Waals surface area contributed by atoms with Crippen LogP contribution < -0.4 is 0 Å². The molecule has 0 saturated carbocycles. The number of nitrogens with zero attached hydrogens (tertiary/aromatic N) is 4. The normalized spacial score (nSPS) is 12.2. The minimum atomic E-state index is 0.799. The summed E-state index contributed by atoms with van der Waals surface area (Å²) in [5.74, 6) is 0. The molecule has 0 radical (unpaired) electrons. The van der Waals surface area contributed by atoms with Crippen molar-refractivity contribution >= 4 is 109 Å². The van der Waals surface area contributed by atoms with Gasteiger partial charge in [0, 0.05) is 54.8 Å². The van der Waals surface area contributed by atoms with Crippen molar-refractivity contribution in [3.63, 3.8) is 0 Å². The minimum Gasteiger partial charge on any atom is -0.455 e. The Balaban J connectivity index is 0.869. The molecule has 0 N–H and O–H groups in total. The molecule has 4 heterocycles. The SMILES string of the molecule is c1ccc2cc3c(cc2c1)c1ccccc1n3-c1ccc2cc3c(cc2c1)c1ccccc1n3-c1ccc2cc(-c3nc4ccccc4nc3-c3cccc4c3oc3ccccc34)ccc2c1. The molecule has 4 aromatic heterocycles. The fourth-order valence-electron chi connectivity index (χ4n) is 10.9. The molecule has 0 amide bonds. The summed E-state index contributed by atoms with van der Waals surface area (Å²) in [4.78, 5) is 10.6. The van der Waals surface area contributed by atoms with Gasteiger partial charge >= 0.3 is 0 Å². The van der Waals surface area contributed by atoms with Gasteiger partial charge in [-0.15, -0.1) is 0 Å². The van der Waals surface area contributed by atoms with Crippen LogP contribution in [0.1, 0.15) is 0 Å². The van der Waals surface area contributed by atoms with Crippen LogP contribution in [0.15, 0.2) is 223 Å². The van der Waals surface area contributed by atoms with E-state index in [1.54, 1.807) is 0 Å². The number of para-hydroxylation sites is 6. The fourth-order valence-corrected chi connectivity index (χ4v) is 10.9. The Kier molecular flexibility index (Phi) is 7.44. The first-order chi connectivity index (χ1) is 33.2. The van der Waals surface area contributed by atoms with Gasteiger partial charge in [-0.1, -0.05) is 127 Å². The second-order valence-corrected chi connectivity index (χ2v) is 17.8. The number of hydrogen-bond donors (Lipinski definition) is 0. The van der Waals surface area contributed by atoms with Gasteiger partial charge in [0.15, 0.2) is 0 Å².